The fraction of sp³-hybridized carbons (Fsp3) is 0.684. The number of hydrogen-bond acceptors (Lipinski definition) is 5. The number of nitrogens with one attached hydrogen (secondary N) is 1. The average Bonchev–Trinajstić information content (AvgIpc) is 3.49. The van der Waals surface area contributed by atoms with E-state index in [1.165, 1.54) is 32.1 Å². The molecule has 3 aliphatic rings. The maximum Gasteiger partial charge on any atom is 0.238 e. The minimum absolute atomic E-state index is 0.0417. The summed E-state index contributed by atoms with van der Waals surface area (Å²) in [5.41, 5.74) is 0.780. The van der Waals surface area contributed by atoms with E-state index < -0.39 is 0 Å². The van der Waals surface area contributed by atoms with Crippen LogP contribution in [0, 0.1) is 5.92 Å². The van der Waals surface area contributed by atoms with Gasteiger partial charge in [-0.2, -0.15) is 0 Å². The van der Waals surface area contributed by atoms with Crippen LogP contribution in [0.15, 0.2) is 18.3 Å². The molecule has 136 valence electrons. The van der Waals surface area contributed by atoms with E-state index in [0.717, 1.165) is 50.3 Å². The molecule has 4 rings (SSSR count). The number of amides is 1. The van der Waals surface area contributed by atoms with Crippen LogP contribution in [0.5, 0.6) is 0 Å². The Morgan fingerprint density at radius 2 is 2.04 bits per heavy atom. The van der Waals surface area contributed by atoms with Gasteiger partial charge in [-0.05, 0) is 50.2 Å². The highest BCUT2D eigenvalue weighted by Gasteiger charge is 2.37. The number of aromatic nitrogens is 1. The Labute approximate surface area is 149 Å². The van der Waals surface area contributed by atoms with Crippen molar-refractivity contribution in [2.45, 2.75) is 38.1 Å². The van der Waals surface area contributed by atoms with Crippen LogP contribution in [-0.2, 0) is 9.53 Å². The molecule has 2 saturated heterocycles. The average molecular weight is 344 g/mol. The van der Waals surface area contributed by atoms with Crippen LogP contribution < -0.4 is 10.2 Å². The van der Waals surface area contributed by atoms with E-state index >= 15 is 0 Å². The van der Waals surface area contributed by atoms with Gasteiger partial charge in [-0.3, -0.25) is 9.69 Å². The Balaban J connectivity index is 1.31. The number of anilines is 2. The molecule has 1 aromatic heterocycles. The Bertz CT molecular complexity index is 582. The van der Waals surface area contributed by atoms with Crippen molar-refractivity contribution in [1.29, 1.82) is 0 Å². The van der Waals surface area contributed by atoms with Gasteiger partial charge in [0.15, 0.2) is 0 Å². The zero-order valence-corrected chi connectivity index (χ0v) is 14.8. The molecule has 0 unspecified atom stereocenters. The molecule has 25 heavy (non-hydrogen) atoms. The van der Waals surface area contributed by atoms with Crippen molar-refractivity contribution in [2.24, 2.45) is 5.92 Å². The van der Waals surface area contributed by atoms with Gasteiger partial charge in [0.05, 0.1) is 31.6 Å². The van der Waals surface area contributed by atoms with Gasteiger partial charge in [0.25, 0.3) is 0 Å². The maximum absolute atomic E-state index is 12.4. The Hall–Kier alpha value is -1.66. The number of piperidine rings is 1. The van der Waals surface area contributed by atoms with Crippen LogP contribution in [0.4, 0.5) is 11.5 Å². The number of carbonyl (C=O) groups excluding carboxylic acids is 1. The number of rotatable bonds is 5. The highest BCUT2D eigenvalue weighted by molar-refractivity contribution is 5.92. The van der Waals surface area contributed by atoms with E-state index in [1.54, 1.807) is 6.20 Å². The summed E-state index contributed by atoms with van der Waals surface area (Å²) in [5, 5.41) is 3.00. The first-order valence-electron chi connectivity index (χ1n) is 9.62. The third kappa shape index (κ3) is 4.30. The summed E-state index contributed by atoms with van der Waals surface area (Å²) in [6, 6.07) is 4.40. The maximum atomic E-state index is 12.4. The molecule has 1 aliphatic carbocycles. The van der Waals surface area contributed by atoms with Crippen molar-refractivity contribution in [3.8, 4) is 0 Å². The van der Waals surface area contributed by atoms with E-state index in [4.69, 9.17) is 4.74 Å². The lowest BCUT2D eigenvalue weighted by Gasteiger charge is -2.35. The Kier molecular flexibility index (Phi) is 5.17. The minimum Gasteiger partial charge on any atom is -0.378 e. The molecule has 0 radical (unpaired) electrons. The molecule has 6 nitrogen and oxygen atoms in total. The summed E-state index contributed by atoms with van der Waals surface area (Å²) in [6.45, 7) is 4.95. The quantitative estimate of drug-likeness (QED) is 0.887. The molecule has 3 fully saturated rings. The van der Waals surface area contributed by atoms with Crippen LogP contribution >= 0.6 is 0 Å². The zero-order chi connectivity index (χ0) is 17.1. The second-order valence-electron chi connectivity index (χ2n) is 7.45. The number of nitrogens with zero attached hydrogens (tertiary/aromatic N) is 3. The predicted molar refractivity (Wildman–Crippen MR) is 97.8 cm³/mol. The standard InChI is InChI=1S/C19H28N4O2/c24-19(13-23-10-11-25-14-17(23)15-4-5-15)21-16-6-7-18(20-12-16)22-8-2-1-3-9-22/h6-7,12,15,17H,1-5,8-11,13-14H2,(H,21,24)/t17-/m1/s1. The van der Waals surface area contributed by atoms with Crippen LogP contribution in [0.2, 0.25) is 0 Å². The summed E-state index contributed by atoms with van der Waals surface area (Å²) in [6.07, 6.45) is 8.11. The van der Waals surface area contributed by atoms with E-state index in [-0.39, 0.29) is 5.91 Å². The highest BCUT2D eigenvalue weighted by Crippen LogP contribution is 2.36. The van der Waals surface area contributed by atoms with Gasteiger partial charge in [0, 0.05) is 25.7 Å². The van der Waals surface area contributed by atoms with Crippen molar-refractivity contribution in [3.63, 3.8) is 0 Å². The van der Waals surface area contributed by atoms with Crippen LogP contribution in [0.3, 0.4) is 0 Å². The molecule has 6 heteroatoms. The lowest BCUT2D eigenvalue weighted by atomic mass is 10.1. The second-order valence-corrected chi connectivity index (χ2v) is 7.45. The van der Waals surface area contributed by atoms with E-state index in [9.17, 15) is 4.79 Å². The lowest BCUT2D eigenvalue weighted by Crippen LogP contribution is -2.49. The SMILES string of the molecule is O=C(CN1CCOC[C@@H]1C1CC1)Nc1ccc(N2CCCCC2)nc1. The third-order valence-corrected chi connectivity index (χ3v) is 5.51. The molecular weight excluding hydrogens is 316 g/mol. The number of morpholine rings is 1. The van der Waals surface area contributed by atoms with Crippen LogP contribution in [-0.4, -0.2) is 61.2 Å². The van der Waals surface area contributed by atoms with Crippen molar-refractivity contribution in [2.75, 3.05) is 49.6 Å². The number of pyridine rings is 1. The van der Waals surface area contributed by atoms with Gasteiger partial charge in [0.1, 0.15) is 5.82 Å². The molecule has 0 spiro atoms. The molecule has 0 aromatic carbocycles. The smallest absolute Gasteiger partial charge is 0.238 e. The number of ether oxygens (including phenoxy) is 1. The van der Waals surface area contributed by atoms with Crippen LogP contribution in [0.1, 0.15) is 32.1 Å². The molecule has 2 aliphatic heterocycles. The highest BCUT2D eigenvalue weighted by atomic mass is 16.5. The predicted octanol–water partition coefficient (Wildman–Crippen LogP) is 2.12. The number of hydrogen-bond donors (Lipinski definition) is 1. The van der Waals surface area contributed by atoms with Gasteiger partial charge in [0.2, 0.25) is 5.91 Å². The fourth-order valence-corrected chi connectivity index (χ4v) is 3.92. The van der Waals surface area contributed by atoms with Gasteiger partial charge in [-0.25, -0.2) is 4.98 Å². The van der Waals surface area contributed by atoms with Crippen molar-refractivity contribution >= 4 is 17.4 Å². The van der Waals surface area contributed by atoms with Gasteiger partial charge in [-0.15, -0.1) is 0 Å². The normalized spacial score (nSPS) is 25.0. The van der Waals surface area contributed by atoms with E-state index in [1.807, 2.05) is 12.1 Å². The molecule has 1 amide bonds. The first kappa shape index (κ1) is 16.8. The van der Waals surface area contributed by atoms with Crippen LogP contribution in [0.25, 0.3) is 0 Å². The van der Waals surface area contributed by atoms with Gasteiger partial charge >= 0.3 is 0 Å². The van der Waals surface area contributed by atoms with Crippen molar-refractivity contribution in [1.82, 2.24) is 9.88 Å². The van der Waals surface area contributed by atoms with Gasteiger partial charge < -0.3 is 15.0 Å². The topological polar surface area (TPSA) is 57.7 Å². The van der Waals surface area contributed by atoms with Crippen molar-refractivity contribution < 1.29 is 9.53 Å². The first-order chi connectivity index (χ1) is 12.3. The van der Waals surface area contributed by atoms with Crippen molar-refractivity contribution in [3.05, 3.63) is 18.3 Å². The zero-order valence-electron chi connectivity index (χ0n) is 14.8. The summed E-state index contributed by atoms with van der Waals surface area (Å²) < 4.78 is 5.60. The Morgan fingerprint density at radius 1 is 1.20 bits per heavy atom. The number of carbonyl (C=O) groups is 1. The molecule has 1 aromatic rings. The molecule has 1 N–H and O–H groups in total. The second kappa shape index (κ2) is 7.70. The minimum atomic E-state index is 0.0417. The summed E-state index contributed by atoms with van der Waals surface area (Å²) in [4.78, 5) is 21.6. The lowest BCUT2D eigenvalue weighted by molar-refractivity contribution is -0.120. The largest absolute Gasteiger partial charge is 0.378 e. The van der Waals surface area contributed by atoms with E-state index in [0.29, 0.717) is 12.6 Å². The molecule has 1 atom stereocenters. The Morgan fingerprint density at radius 3 is 2.76 bits per heavy atom. The fourth-order valence-electron chi connectivity index (χ4n) is 3.92. The third-order valence-electron chi connectivity index (χ3n) is 5.51. The molecule has 3 heterocycles. The monoisotopic (exact) mass is 344 g/mol. The first-order valence-corrected chi connectivity index (χ1v) is 9.62. The summed E-state index contributed by atoms with van der Waals surface area (Å²) in [5.74, 6) is 1.78. The van der Waals surface area contributed by atoms with E-state index in [2.05, 4.69) is 20.1 Å². The summed E-state index contributed by atoms with van der Waals surface area (Å²) in [7, 11) is 0. The molecular formula is C19H28N4O2. The summed E-state index contributed by atoms with van der Waals surface area (Å²) >= 11 is 0. The molecule has 0 bridgehead atoms. The van der Waals surface area contributed by atoms with Gasteiger partial charge in [-0.1, -0.05) is 0 Å². The molecule has 1 saturated carbocycles.